The number of aryl methyl sites for hydroxylation is 1. The summed E-state index contributed by atoms with van der Waals surface area (Å²) in [5.74, 6) is 6.52. The second-order valence-corrected chi connectivity index (χ2v) is 7.49. The zero-order valence-corrected chi connectivity index (χ0v) is 18.9. The largest absolute Gasteiger partial charge is 0.488 e. The van der Waals surface area contributed by atoms with E-state index in [-0.39, 0.29) is 17.8 Å². The number of methoxy groups -OCH3 is 1. The minimum absolute atomic E-state index is 0.192. The third-order valence-electron chi connectivity index (χ3n) is 4.55. The summed E-state index contributed by atoms with van der Waals surface area (Å²) < 4.78 is 25.6. The zero-order chi connectivity index (χ0) is 23.6. The van der Waals surface area contributed by atoms with Crippen molar-refractivity contribution in [1.29, 1.82) is 0 Å². The number of carbonyl (C=O) groups excluding carboxylic acids is 1. The van der Waals surface area contributed by atoms with Crippen LogP contribution in [0.1, 0.15) is 28.4 Å². The van der Waals surface area contributed by atoms with E-state index in [1.54, 1.807) is 61.4 Å². The quantitative estimate of drug-likeness (QED) is 0.386. The summed E-state index contributed by atoms with van der Waals surface area (Å²) in [4.78, 5) is 12.8. The molecule has 3 rings (SSSR count). The van der Waals surface area contributed by atoms with Crippen LogP contribution >= 0.6 is 0 Å². The third-order valence-corrected chi connectivity index (χ3v) is 4.55. The minimum atomic E-state index is -0.309. The van der Waals surface area contributed by atoms with Gasteiger partial charge in [-0.15, -0.1) is 0 Å². The lowest BCUT2D eigenvalue weighted by molar-refractivity contribution is 0.0917. The van der Waals surface area contributed by atoms with Gasteiger partial charge in [0.1, 0.15) is 17.7 Å². The monoisotopic (exact) mass is 450 g/mol. The molecule has 7 nitrogen and oxygen atoms in total. The summed E-state index contributed by atoms with van der Waals surface area (Å²) in [6.07, 6.45) is 1.56. The van der Waals surface area contributed by atoms with Crippen LogP contribution in [0.25, 0.3) is 0 Å². The number of rotatable bonds is 9. The van der Waals surface area contributed by atoms with Crippen LogP contribution in [0.5, 0.6) is 5.75 Å². The number of halogens is 1. The van der Waals surface area contributed by atoms with Gasteiger partial charge in [-0.05, 0) is 42.8 Å². The summed E-state index contributed by atoms with van der Waals surface area (Å²) >= 11 is 0. The topological polar surface area (TPSA) is 77.4 Å². The number of nitrogens with one attached hydrogen (secondary N) is 2. The van der Waals surface area contributed by atoms with Crippen LogP contribution in [-0.4, -0.2) is 42.1 Å². The summed E-state index contributed by atoms with van der Waals surface area (Å²) in [5.41, 5.74) is 2.02. The zero-order valence-electron chi connectivity index (χ0n) is 18.9. The van der Waals surface area contributed by atoms with Crippen LogP contribution in [0.15, 0.2) is 54.7 Å². The number of carbonyl (C=O) groups is 1. The number of amides is 1. The minimum Gasteiger partial charge on any atom is -0.488 e. The maximum atomic E-state index is 13.0. The van der Waals surface area contributed by atoms with Gasteiger partial charge in [-0.1, -0.05) is 24.0 Å². The second-order valence-electron chi connectivity index (χ2n) is 7.49. The van der Waals surface area contributed by atoms with Crippen molar-refractivity contribution in [2.45, 2.75) is 19.6 Å². The van der Waals surface area contributed by atoms with E-state index in [9.17, 15) is 9.18 Å². The molecule has 1 amide bonds. The molecule has 0 aliphatic heterocycles. The molecule has 0 spiro atoms. The predicted octanol–water partition coefficient (Wildman–Crippen LogP) is 3.37. The summed E-state index contributed by atoms with van der Waals surface area (Å²) in [6.45, 7) is 3.30. The van der Waals surface area contributed by atoms with Crippen molar-refractivity contribution < 1.29 is 18.7 Å². The molecule has 1 atom stereocenters. The first-order valence-corrected chi connectivity index (χ1v) is 10.5. The van der Waals surface area contributed by atoms with Crippen molar-refractivity contribution in [1.82, 2.24) is 15.1 Å². The molecule has 33 heavy (non-hydrogen) atoms. The van der Waals surface area contributed by atoms with E-state index >= 15 is 0 Å². The van der Waals surface area contributed by atoms with Crippen LogP contribution in [0.2, 0.25) is 0 Å². The third kappa shape index (κ3) is 7.75. The Labute approximate surface area is 192 Å². The highest BCUT2D eigenvalue weighted by atomic mass is 19.1. The molecular formula is C25H27FN4O3. The van der Waals surface area contributed by atoms with Crippen molar-refractivity contribution in [3.8, 4) is 17.6 Å². The lowest BCUT2D eigenvalue weighted by Crippen LogP contribution is -2.19. The molecule has 0 saturated heterocycles. The fourth-order valence-electron chi connectivity index (χ4n) is 3.06. The molecule has 0 saturated carbocycles. The average Bonchev–Trinajstić information content (AvgIpc) is 3.19. The molecule has 2 N–H and O–H groups in total. The molecule has 2 aromatic carbocycles. The van der Waals surface area contributed by atoms with Crippen LogP contribution < -0.4 is 15.4 Å². The van der Waals surface area contributed by atoms with Crippen LogP contribution in [0.4, 0.5) is 10.2 Å². The van der Waals surface area contributed by atoms with E-state index in [0.717, 1.165) is 5.56 Å². The fraction of sp³-hybridized carbons (Fsp3) is 0.280. The molecule has 3 aromatic rings. The Kier molecular flexibility index (Phi) is 8.58. The van der Waals surface area contributed by atoms with Crippen LogP contribution in [-0.2, 0) is 18.3 Å². The Hall–Kier alpha value is -3.67. The van der Waals surface area contributed by atoms with Crippen LogP contribution in [0, 0.1) is 17.7 Å². The normalized spacial score (nSPS) is 11.4. The van der Waals surface area contributed by atoms with Gasteiger partial charge in [0.2, 0.25) is 0 Å². The van der Waals surface area contributed by atoms with E-state index in [0.29, 0.717) is 42.4 Å². The van der Waals surface area contributed by atoms with E-state index in [1.807, 2.05) is 6.92 Å². The van der Waals surface area contributed by atoms with Gasteiger partial charge in [-0.2, -0.15) is 5.10 Å². The lowest BCUT2D eigenvalue weighted by Gasteiger charge is -2.15. The molecule has 0 fully saturated rings. The lowest BCUT2D eigenvalue weighted by atomic mass is 10.1. The maximum Gasteiger partial charge on any atom is 0.257 e. The Morgan fingerprint density at radius 2 is 2.00 bits per heavy atom. The molecule has 0 aliphatic rings. The van der Waals surface area contributed by atoms with E-state index in [1.165, 1.54) is 12.1 Å². The van der Waals surface area contributed by atoms with Gasteiger partial charge in [-0.3, -0.25) is 9.48 Å². The highest BCUT2D eigenvalue weighted by Crippen LogP contribution is 2.19. The van der Waals surface area contributed by atoms with Crippen LogP contribution in [0.3, 0.4) is 0 Å². The van der Waals surface area contributed by atoms with Gasteiger partial charge in [0.05, 0.1) is 13.2 Å². The number of benzene rings is 2. The van der Waals surface area contributed by atoms with E-state index < -0.39 is 0 Å². The first-order chi connectivity index (χ1) is 15.9. The van der Waals surface area contributed by atoms with Gasteiger partial charge < -0.3 is 20.1 Å². The Bertz CT molecular complexity index is 1130. The van der Waals surface area contributed by atoms with Gasteiger partial charge in [0, 0.05) is 44.1 Å². The van der Waals surface area contributed by atoms with Crippen molar-refractivity contribution in [2.75, 3.05) is 25.6 Å². The molecular weight excluding hydrogens is 423 g/mol. The van der Waals surface area contributed by atoms with Crippen molar-refractivity contribution in [3.63, 3.8) is 0 Å². The molecule has 172 valence electrons. The molecule has 0 aliphatic carbocycles. The molecule has 8 heteroatoms. The number of hydrogen-bond acceptors (Lipinski definition) is 5. The van der Waals surface area contributed by atoms with Gasteiger partial charge >= 0.3 is 0 Å². The maximum absolute atomic E-state index is 13.0. The predicted molar refractivity (Wildman–Crippen MR) is 125 cm³/mol. The molecule has 0 radical (unpaired) electrons. The summed E-state index contributed by atoms with van der Waals surface area (Å²) in [6, 6.07) is 13.2. The summed E-state index contributed by atoms with van der Waals surface area (Å²) in [5, 5.41) is 10.1. The highest BCUT2D eigenvalue weighted by Gasteiger charge is 2.12. The Morgan fingerprint density at radius 3 is 2.70 bits per heavy atom. The van der Waals surface area contributed by atoms with Gasteiger partial charge in [0.25, 0.3) is 5.91 Å². The smallest absolute Gasteiger partial charge is 0.257 e. The fourth-order valence-corrected chi connectivity index (χ4v) is 3.06. The number of ether oxygens (including phenoxy) is 2. The Morgan fingerprint density at radius 1 is 1.21 bits per heavy atom. The van der Waals surface area contributed by atoms with Gasteiger partial charge in [0.15, 0.2) is 5.82 Å². The first kappa shape index (κ1) is 24.0. The van der Waals surface area contributed by atoms with Crippen molar-refractivity contribution >= 4 is 11.7 Å². The number of anilines is 1. The number of aromatic nitrogens is 2. The molecule has 1 heterocycles. The van der Waals surface area contributed by atoms with E-state index in [2.05, 4.69) is 27.6 Å². The van der Waals surface area contributed by atoms with Crippen molar-refractivity contribution in [3.05, 3.63) is 77.2 Å². The number of hydrogen-bond donors (Lipinski definition) is 2. The molecule has 1 aromatic heterocycles. The molecule has 0 unspecified atom stereocenters. The average molecular weight is 451 g/mol. The first-order valence-electron chi connectivity index (χ1n) is 10.5. The standard InChI is InChI=1S/C25H27FN4O3/c1-18(17-32-3)33-23-14-20(5-4-11-27-16-19-6-8-22(26)9-7-19)13-21(15-23)25(31)28-24-10-12-30(2)29-24/h6-10,12-15,18,27H,11,16-17H2,1-3H3,(H,28,29,31)/t18-/m0/s1. The van der Waals surface area contributed by atoms with E-state index in [4.69, 9.17) is 9.47 Å². The number of nitrogens with zero attached hydrogens (tertiary/aromatic N) is 2. The SMILES string of the molecule is COC[C@H](C)Oc1cc(C#CCNCc2ccc(F)cc2)cc(C(=O)Nc2ccn(C)n2)c1. The highest BCUT2D eigenvalue weighted by molar-refractivity contribution is 6.04. The second kappa shape index (κ2) is 11.8. The molecule has 0 bridgehead atoms. The van der Waals surface area contributed by atoms with Crippen molar-refractivity contribution in [2.24, 2.45) is 7.05 Å². The summed E-state index contributed by atoms with van der Waals surface area (Å²) in [7, 11) is 3.38. The van der Waals surface area contributed by atoms with Gasteiger partial charge in [-0.25, -0.2) is 4.39 Å². The Balaban J connectivity index is 1.70.